The highest BCUT2D eigenvalue weighted by Crippen LogP contribution is 2.17. The molecule has 3 heteroatoms. The summed E-state index contributed by atoms with van der Waals surface area (Å²) in [5.41, 5.74) is 0. The van der Waals surface area contributed by atoms with E-state index in [0.717, 1.165) is 36.3 Å². The van der Waals surface area contributed by atoms with Crippen LogP contribution in [-0.2, 0) is 0 Å². The lowest BCUT2D eigenvalue weighted by Gasteiger charge is -2.22. The standard InChI is InChI=1S/C17H28ClNO/c1-4-6-14(3)12-16(19-11-5-2)13-20-17-9-7-15(18)8-10-17/h7-10,14,16,19H,4-6,11-13H2,1-3H3. The van der Waals surface area contributed by atoms with E-state index in [-0.39, 0.29) is 0 Å². The molecule has 0 aliphatic carbocycles. The number of rotatable bonds is 10. The minimum Gasteiger partial charge on any atom is -0.492 e. The van der Waals surface area contributed by atoms with Crippen molar-refractivity contribution in [1.82, 2.24) is 5.32 Å². The lowest BCUT2D eigenvalue weighted by molar-refractivity contribution is 0.238. The van der Waals surface area contributed by atoms with Crippen LogP contribution in [0.4, 0.5) is 0 Å². The van der Waals surface area contributed by atoms with Gasteiger partial charge in [-0.15, -0.1) is 0 Å². The highest BCUT2D eigenvalue weighted by atomic mass is 35.5. The summed E-state index contributed by atoms with van der Waals surface area (Å²) in [7, 11) is 0. The van der Waals surface area contributed by atoms with Crippen molar-refractivity contribution in [3.63, 3.8) is 0 Å². The Morgan fingerprint density at radius 2 is 1.85 bits per heavy atom. The van der Waals surface area contributed by atoms with Gasteiger partial charge in [-0.25, -0.2) is 0 Å². The van der Waals surface area contributed by atoms with E-state index < -0.39 is 0 Å². The second-order valence-electron chi connectivity index (χ2n) is 5.55. The van der Waals surface area contributed by atoms with Crippen molar-refractivity contribution in [2.45, 2.75) is 52.5 Å². The molecule has 0 saturated heterocycles. The normalized spacial score (nSPS) is 14.0. The summed E-state index contributed by atoms with van der Waals surface area (Å²) in [5, 5.41) is 4.33. The third-order valence-corrected chi connectivity index (χ3v) is 3.67. The summed E-state index contributed by atoms with van der Waals surface area (Å²) in [4.78, 5) is 0. The molecule has 114 valence electrons. The van der Waals surface area contributed by atoms with Crippen LogP contribution in [0.25, 0.3) is 0 Å². The van der Waals surface area contributed by atoms with E-state index in [0.29, 0.717) is 6.04 Å². The summed E-state index contributed by atoms with van der Waals surface area (Å²) in [6.45, 7) is 8.53. The third kappa shape index (κ3) is 7.16. The molecule has 0 aliphatic heterocycles. The van der Waals surface area contributed by atoms with Crippen LogP contribution in [0.5, 0.6) is 5.75 Å². The SMILES string of the molecule is CCCNC(COc1ccc(Cl)cc1)CC(C)CCC. The smallest absolute Gasteiger partial charge is 0.119 e. The van der Waals surface area contributed by atoms with Crippen LogP contribution in [0, 0.1) is 5.92 Å². The summed E-state index contributed by atoms with van der Waals surface area (Å²) in [5.74, 6) is 1.63. The lowest BCUT2D eigenvalue weighted by Crippen LogP contribution is -2.36. The Kier molecular flexibility index (Phi) is 8.72. The van der Waals surface area contributed by atoms with Crippen molar-refractivity contribution < 1.29 is 4.74 Å². The van der Waals surface area contributed by atoms with Crippen LogP contribution < -0.4 is 10.1 Å². The van der Waals surface area contributed by atoms with Crippen LogP contribution in [0.15, 0.2) is 24.3 Å². The van der Waals surface area contributed by atoms with Crippen LogP contribution in [0.2, 0.25) is 5.02 Å². The highest BCUT2D eigenvalue weighted by Gasteiger charge is 2.13. The molecule has 1 aromatic rings. The monoisotopic (exact) mass is 297 g/mol. The Bertz CT molecular complexity index is 353. The third-order valence-electron chi connectivity index (χ3n) is 3.42. The molecule has 2 atom stereocenters. The molecule has 0 amide bonds. The van der Waals surface area contributed by atoms with E-state index in [1.54, 1.807) is 0 Å². The molecule has 0 fully saturated rings. The zero-order valence-corrected chi connectivity index (χ0v) is 13.7. The molecule has 0 bridgehead atoms. The molecular weight excluding hydrogens is 270 g/mol. The van der Waals surface area contributed by atoms with Gasteiger partial charge in [0.1, 0.15) is 12.4 Å². The number of benzene rings is 1. The van der Waals surface area contributed by atoms with Gasteiger partial charge >= 0.3 is 0 Å². The van der Waals surface area contributed by atoms with Crippen molar-refractivity contribution in [3.05, 3.63) is 29.3 Å². The average molecular weight is 298 g/mol. The Morgan fingerprint density at radius 3 is 2.45 bits per heavy atom. The topological polar surface area (TPSA) is 21.3 Å². The predicted octanol–water partition coefficient (Wildman–Crippen LogP) is 4.91. The van der Waals surface area contributed by atoms with Gasteiger partial charge in [-0.05, 0) is 49.6 Å². The van der Waals surface area contributed by atoms with Gasteiger partial charge in [-0.2, -0.15) is 0 Å². The molecule has 0 aliphatic rings. The van der Waals surface area contributed by atoms with Crippen molar-refractivity contribution >= 4 is 11.6 Å². The predicted molar refractivity (Wildman–Crippen MR) is 87.7 cm³/mol. The molecule has 1 aromatic carbocycles. The second kappa shape index (κ2) is 10.1. The fourth-order valence-corrected chi connectivity index (χ4v) is 2.51. The van der Waals surface area contributed by atoms with E-state index in [1.165, 1.54) is 19.3 Å². The van der Waals surface area contributed by atoms with Gasteiger partial charge in [0.15, 0.2) is 0 Å². The lowest BCUT2D eigenvalue weighted by atomic mass is 9.97. The van der Waals surface area contributed by atoms with E-state index in [4.69, 9.17) is 16.3 Å². The largest absolute Gasteiger partial charge is 0.492 e. The molecule has 1 N–H and O–H groups in total. The Labute approximate surface area is 128 Å². The van der Waals surface area contributed by atoms with Gasteiger partial charge in [-0.3, -0.25) is 0 Å². The first kappa shape index (κ1) is 17.3. The molecule has 0 aromatic heterocycles. The zero-order chi connectivity index (χ0) is 14.8. The molecule has 0 heterocycles. The molecule has 20 heavy (non-hydrogen) atoms. The van der Waals surface area contributed by atoms with Crippen LogP contribution in [-0.4, -0.2) is 19.2 Å². The summed E-state index contributed by atoms with van der Waals surface area (Å²) >= 11 is 5.88. The first-order valence-electron chi connectivity index (χ1n) is 7.77. The molecule has 1 rings (SSSR count). The number of hydrogen-bond acceptors (Lipinski definition) is 2. The quantitative estimate of drug-likeness (QED) is 0.662. The summed E-state index contributed by atoms with van der Waals surface area (Å²) < 4.78 is 5.88. The zero-order valence-electron chi connectivity index (χ0n) is 13.0. The van der Waals surface area contributed by atoms with Crippen LogP contribution in [0.1, 0.15) is 46.5 Å². The Hall–Kier alpha value is -0.730. The highest BCUT2D eigenvalue weighted by molar-refractivity contribution is 6.30. The van der Waals surface area contributed by atoms with Crippen molar-refractivity contribution in [2.75, 3.05) is 13.2 Å². The van der Waals surface area contributed by atoms with Crippen LogP contribution in [0.3, 0.4) is 0 Å². The molecular formula is C17H28ClNO. The molecule has 2 nitrogen and oxygen atoms in total. The summed E-state index contributed by atoms with van der Waals surface area (Å²) in [6, 6.07) is 8.01. The summed E-state index contributed by atoms with van der Waals surface area (Å²) in [6.07, 6.45) is 4.85. The van der Waals surface area contributed by atoms with Crippen molar-refractivity contribution in [3.8, 4) is 5.75 Å². The average Bonchev–Trinajstić information content (AvgIpc) is 2.44. The van der Waals surface area contributed by atoms with Gasteiger partial charge in [0.25, 0.3) is 0 Å². The fraction of sp³-hybridized carbons (Fsp3) is 0.647. The maximum Gasteiger partial charge on any atom is 0.119 e. The second-order valence-corrected chi connectivity index (χ2v) is 5.98. The van der Waals surface area contributed by atoms with E-state index in [9.17, 15) is 0 Å². The maximum atomic E-state index is 5.88. The minimum absolute atomic E-state index is 0.423. The number of hydrogen-bond donors (Lipinski definition) is 1. The van der Waals surface area contributed by atoms with Gasteiger partial charge in [-0.1, -0.05) is 45.2 Å². The molecule has 0 spiro atoms. The molecule has 2 unspecified atom stereocenters. The Morgan fingerprint density at radius 1 is 1.15 bits per heavy atom. The first-order valence-corrected chi connectivity index (χ1v) is 8.15. The molecule has 0 radical (unpaired) electrons. The molecule has 0 saturated carbocycles. The van der Waals surface area contributed by atoms with Gasteiger partial charge < -0.3 is 10.1 Å². The van der Waals surface area contributed by atoms with E-state index in [2.05, 4.69) is 26.1 Å². The van der Waals surface area contributed by atoms with Gasteiger partial charge in [0.2, 0.25) is 0 Å². The van der Waals surface area contributed by atoms with E-state index >= 15 is 0 Å². The Balaban J connectivity index is 2.44. The van der Waals surface area contributed by atoms with E-state index in [1.807, 2.05) is 24.3 Å². The van der Waals surface area contributed by atoms with Crippen molar-refractivity contribution in [2.24, 2.45) is 5.92 Å². The first-order chi connectivity index (χ1) is 9.65. The van der Waals surface area contributed by atoms with Gasteiger partial charge in [0.05, 0.1) is 0 Å². The van der Waals surface area contributed by atoms with Crippen LogP contribution >= 0.6 is 11.6 Å². The number of ether oxygens (including phenoxy) is 1. The fourth-order valence-electron chi connectivity index (χ4n) is 2.38. The number of nitrogens with one attached hydrogen (secondary N) is 1. The van der Waals surface area contributed by atoms with Gasteiger partial charge in [0, 0.05) is 11.1 Å². The number of halogens is 1. The maximum absolute atomic E-state index is 5.88. The van der Waals surface area contributed by atoms with Crippen molar-refractivity contribution in [1.29, 1.82) is 0 Å². The minimum atomic E-state index is 0.423.